The Morgan fingerprint density at radius 2 is 2.10 bits per heavy atom. The van der Waals surface area contributed by atoms with E-state index in [0.29, 0.717) is 12.1 Å². The van der Waals surface area contributed by atoms with Crippen LogP contribution in [0.25, 0.3) is 0 Å². The zero-order valence-electron chi connectivity index (χ0n) is 13.1. The van der Waals surface area contributed by atoms with Gasteiger partial charge in [-0.3, -0.25) is 4.68 Å². The van der Waals surface area contributed by atoms with Crippen LogP contribution in [0.3, 0.4) is 0 Å². The summed E-state index contributed by atoms with van der Waals surface area (Å²) in [5, 5.41) is 8.26. The molecule has 4 heteroatoms. The SMILES string of the molecule is CC1CN(Cc2ccn(C(C)C)n2)c2ccccc2CN1. The second kappa shape index (κ2) is 5.90. The van der Waals surface area contributed by atoms with Gasteiger partial charge in [-0.15, -0.1) is 0 Å². The molecule has 0 bridgehead atoms. The average molecular weight is 284 g/mol. The van der Waals surface area contributed by atoms with Crippen molar-refractivity contribution in [1.82, 2.24) is 15.1 Å². The minimum absolute atomic E-state index is 0.413. The van der Waals surface area contributed by atoms with E-state index in [1.807, 2.05) is 4.68 Å². The summed E-state index contributed by atoms with van der Waals surface area (Å²) in [5.74, 6) is 0. The van der Waals surface area contributed by atoms with Gasteiger partial charge in [-0.05, 0) is 38.5 Å². The Hall–Kier alpha value is -1.81. The van der Waals surface area contributed by atoms with Crippen molar-refractivity contribution in [3.05, 3.63) is 47.8 Å². The van der Waals surface area contributed by atoms with Crippen LogP contribution in [0, 0.1) is 0 Å². The first-order valence-electron chi connectivity index (χ1n) is 7.74. The standard InChI is InChI=1S/C17H24N4/c1-13(2)21-9-8-16(19-21)12-20-11-14(3)18-10-15-6-4-5-7-17(15)20/h4-9,13-14,18H,10-12H2,1-3H3. The van der Waals surface area contributed by atoms with Gasteiger partial charge in [0.05, 0.1) is 12.2 Å². The maximum atomic E-state index is 4.69. The number of rotatable bonds is 3. The molecule has 0 saturated heterocycles. The minimum Gasteiger partial charge on any atom is -0.364 e. The van der Waals surface area contributed by atoms with Gasteiger partial charge in [0.15, 0.2) is 0 Å². The number of nitrogens with zero attached hydrogens (tertiary/aromatic N) is 3. The summed E-state index contributed by atoms with van der Waals surface area (Å²) in [6, 6.07) is 11.7. The highest BCUT2D eigenvalue weighted by Gasteiger charge is 2.19. The highest BCUT2D eigenvalue weighted by molar-refractivity contribution is 5.54. The molecule has 1 unspecified atom stereocenters. The van der Waals surface area contributed by atoms with Crippen molar-refractivity contribution >= 4 is 5.69 Å². The quantitative estimate of drug-likeness (QED) is 0.940. The number of benzene rings is 1. The fourth-order valence-electron chi connectivity index (χ4n) is 2.84. The van der Waals surface area contributed by atoms with Crippen molar-refractivity contribution in [2.75, 3.05) is 11.4 Å². The van der Waals surface area contributed by atoms with E-state index in [4.69, 9.17) is 0 Å². The highest BCUT2D eigenvalue weighted by Crippen LogP contribution is 2.24. The predicted molar refractivity (Wildman–Crippen MR) is 86.4 cm³/mol. The number of fused-ring (bicyclic) bond motifs is 1. The zero-order chi connectivity index (χ0) is 14.8. The third kappa shape index (κ3) is 3.10. The molecule has 1 aliphatic heterocycles. The first-order chi connectivity index (χ1) is 10.1. The number of nitrogens with one attached hydrogen (secondary N) is 1. The molecule has 1 aromatic heterocycles. The van der Waals surface area contributed by atoms with Crippen molar-refractivity contribution in [1.29, 1.82) is 0 Å². The lowest BCUT2D eigenvalue weighted by molar-refractivity contribution is 0.520. The molecule has 1 atom stereocenters. The molecule has 0 radical (unpaired) electrons. The molecule has 112 valence electrons. The third-order valence-electron chi connectivity index (χ3n) is 4.01. The lowest BCUT2D eigenvalue weighted by Gasteiger charge is -2.25. The number of para-hydroxylation sites is 1. The normalized spacial score (nSPS) is 18.7. The Morgan fingerprint density at radius 3 is 2.86 bits per heavy atom. The van der Waals surface area contributed by atoms with Gasteiger partial charge in [0, 0.05) is 37.1 Å². The van der Waals surface area contributed by atoms with E-state index in [1.165, 1.54) is 11.3 Å². The van der Waals surface area contributed by atoms with Gasteiger partial charge in [0.1, 0.15) is 0 Å². The van der Waals surface area contributed by atoms with Crippen molar-refractivity contribution < 1.29 is 0 Å². The molecule has 4 nitrogen and oxygen atoms in total. The van der Waals surface area contributed by atoms with Crippen molar-refractivity contribution in [3.63, 3.8) is 0 Å². The Bertz CT molecular complexity index is 602. The van der Waals surface area contributed by atoms with Crippen LogP contribution >= 0.6 is 0 Å². The Labute approximate surface area is 126 Å². The molecule has 1 aromatic carbocycles. The zero-order valence-corrected chi connectivity index (χ0v) is 13.1. The van der Waals surface area contributed by atoms with Crippen LogP contribution in [0.4, 0.5) is 5.69 Å². The number of anilines is 1. The molecule has 0 saturated carbocycles. The van der Waals surface area contributed by atoms with E-state index >= 15 is 0 Å². The van der Waals surface area contributed by atoms with E-state index in [2.05, 4.69) is 72.6 Å². The van der Waals surface area contributed by atoms with Crippen LogP contribution in [0.1, 0.15) is 38.1 Å². The highest BCUT2D eigenvalue weighted by atomic mass is 15.3. The molecule has 0 aliphatic carbocycles. The van der Waals surface area contributed by atoms with Gasteiger partial charge in [0.2, 0.25) is 0 Å². The van der Waals surface area contributed by atoms with Gasteiger partial charge in [-0.1, -0.05) is 18.2 Å². The third-order valence-corrected chi connectivity index (χ3v) is 4.01. The van der Waals surface area contributed by atoms with Crippen molar-refractivity contribution in [2.45, 2.75) is 45.9 Å². The summed E-state index contributed by atoms with van der Waals surface area (Å²) < 4.78 is 2.03. The topological polar surface area (TPSA) is 33.1 Å². The number of hydrogen-bond acceptors (Lipinski definition) is 3. The van der Waals surface area contributed by atoms with Crippen LogP contribution < -0.4 is 10.2 Å². The van der Waals surface area contributed by atoms with Crippen molar-refractivity contribution in [2.24, 2.45) is 0 Å². The molecule has 2 aromatic rings. The fraction of sp³-hybridized carbons (Fsp3) is 0.471. The fourth-order valence-corrected chi connectivity index (χ4v) is 2.84. The lowest BCUT2D eigenvalue weighted by atomic mass is 10.1. The Balaban J connectivity index is 1.85. The average Bonchev–Trinajstić information content (AvgIpc) is 2.87. The minimum atomic E-state index is 0.413. The summed E-state index contributed by atoms with van der Waals surface area (Å²) in [6.07, 6.45) is 2.07. The summed E-state index contributed by atoms with van der Waals surface area (Å²) in [6.45, 7) is 9.36. The van der Waals surface area contributed by atoms with E-state index in [-0.39, 0.29) is 0 Å². The molecule has 1 aliphatic rings. The number of aromatic nitrogens is 2. The maximum absolute atomic E-state index is 4.69. The molecule has 1 N–H and O–H groups in total. The monoisotopic (exact) mass is 284 g/mol. The maximum Gasteiger partial charge on any atom is 0.0817 e. The second-order valence-electron chi connectivity index (χ2n) is 6.17. The second-order valence-corrected chi connectivity index (χ2v) is 6.17. The summed E-state index contributed by atoms with van der Waals surface area (Å²) in [7, 11) is 0. The molecular formula is C17H24N4. The van der Waals surface area contributed by atoms with Crippen LogP contribution in [-0.4, -0.2) is 22.4 Å². The van der Waals surface area contributed by atoms with Gasteiger partial charge < -0.3 is 10.2 Å². The molecule has 2 heterocycles. The Morgan fingerprint density at radius 1 is 1.29 bits per heavy atom. The Kier molecular flexibility index (Phi) is 3.97. The molecule has 0 spiro atoms. The molecule has 3 rings (SSSR count). The van der Waals surface area contributed by atoms with Gasteiger partial charge in [0.25, 0.3) is 0 Å². The van der Waals surface area contributed by atoms with Gasteiger partial charge in [-0.25, -0.2) is 0 Å². The van der Waals surface area contributed by atoms with E-state index in [1.54, 1.807) is 0 Å². The largest absolute Gasteiger partial charge is 0.364 e. The van der Waals surface area contributed by atoms with Crippen LogP contribution in [0.15, 0.2) is 36.5 Å². The smallest absolute Gasteiger partial charge is 0.0817 e. The van der Waals surface area contributed by atoms with Gasteiger partial charge >= 0.3 is 0 Å². The van der Waals surface area contributed by atoms with E-state index < -0.39 is 0 Å². The van der Waals surface area contributed by atoms with Crippen LogP contribution in [0.5, 0.6) is 0 Å². The molecule has 0 fully saturated rings. The molecule has 0 amide bonds. The lowest BCUT2D eigenvalue weighted by Crippen LogP contribution is -2.35. The summed E-state index contributed by atoms with van der Waals surface area (Å²) >= 11 is 0. The summed E-state index contributed by atoms with van der Waals surface area (Å²) in [5.41, 5.74) is 3.83. The van der Waals surface area contributed by atoms with Crippen LogP contribution in [0.2, 0.25) is 0 Å². The number of hydrogen-bond donors (Lipinski definition) is 1. The van der Waals surface area contributed by atoms with Crippen molar-refractivity contribution in [3.8, 4) is 0 Å². The predicted octanol–water partition coefficient (Wildman–Crippen LogP) is 2.96. The van der Waals surface area contributed by atoms with Crippen LogP contribution in [-0.2, 0) is 13.1 Å². The summed E-state index contributed by atoms with van der Waals surface area (Å²) in [4.78, 5) is 2.44. The first-order valence-corrected chi connectivity index (χ1v) is 7.74. The van der Waals surface area contributed by atoms with E-state index in [0.717, 1.165) is 25.3 Å². The molecular weight excluding hydrogens is 260 g/mol. The van der Waals surface area contributed by atoms with Gasteiger partial charge in [-0.2, -0.15) is 5.10 Å². The van der Waals surface area contributed by atoms with E-state index in [9.17, 15) is 0 Å². The molecule has 21 heavy (non-hydrogen) atoms. The first kappa shape index (κ1) is 14.1.